The summed E-state index contributed by atoms with van der Waals surface area (Å²) in [5.41, 5.74) is 10.6. The number of hydrogen-bond donors (Lipinski definition) is 3. The Labute approximate surface area is 301 Å². The number of thiophene rings is 1. The molecule has 1 atom stereocenters. The van der Waals surface area contributed by atoms with Crippen LogP contribution in [0.3, 0.4) is 0 Å². The highest BCUT2D eigenvalue weighted by molar-refractivity contribution is 8.14. The molecule has 0 aliphatic carbocycles. The molecular weight excluding hydrogens is 659 g/mol. The number of carbonyl (C=O) groups excluding carboxylic acids is 1. The molecule has 0 saturated heterocycles. The molecule has 2 heterocycles. The summed E-state index contributed by atoms with van der Waals surface area (Å²) in [4.78, 5) is 29.4. The minimum atomic E-state index is -0.961. The molecule has 0 radical (unpaired) electrons. The van der Waals surface area contributed by atoms with Gasteiger partial charge in [-0.1, -0.05) is 104 Å². The summed E-state index contributed by atoms with van der Waals surface area (Å²) < 4.78 is 0. The molecule has 6 rings (SSSR count). The van der Waals surface area contributed by atoms with Crippen molar-refractivity contribution in [1.29, 1.82) is 0 Å². The molecule has 1 aliphatic heterocycles. The summed E-state index contributed by atoms with van der Waals surface area (Å²) in [5, 5.41) is 15.6. The maximum absolute atomic E-state index is 12.3. The Balaban J connectivity index is 1.17. The third-order valence-electron chi connectivity index (χ3n) is 8.97. The number of aryl methyl sites for hydroxylation is 2. The number of nitrogens with one attached hydrogen (secondary N) is 2. The first-order valence-corrected chi connectivity index (χ1v) is 18.3. The molecule has 5 aromatic rings. The predicted molar refractivity (Wildman–Crippen MR) is 210 cm³/mol. The second-order valence-electron chi connectivity index (χ2n) is 12.5. The van der Waals surface area contributed by atoms with Gasteiger partial charge in [0.1, 0.15) is 5.70 Å². The maximum atomic E-state index is 12.3. The van der Waals surface area contributed by atoms with Gasteiger partial charge in [-0.2, -0.15) is 0 Å². The molecular formula is C42H39N3O3S2. The fraction of sp³-hybridized carbons (Fsp3) is 0.167. The number of aliphatic carboxylic acids is 1. The first-order chi connectivity index (χ1) is 24.1. The van der Waals surface area contributed by atoms with E-state index in [0.717, 1.165) is 44.8 Å². The summed E-state index contributed by atoms with van der Waals surface area (Å²) in [6.07, 6.45) is 4.91. The van der Waals surface area contributed by atoms with E-state index < -0.39 is 5.97 Å². The number of carbonyl (C=O) groups is 2. The smallest absolute Gasteiger partial charge is 0.313 e. The van der Waals surface area contributed by atoms with E-state index in [4.69, 9.17) is 5.11 Å². The Morgan fingerprint density at radius 2 is 1.66 bits per heavy atom. The van der Waals surface area contributed by atoms with Gasteiger partial charge in [-0.3, -0.25) is 14.9 Å². The standard InChI is InChI=1S/C42H39N3O3S2/c1-5-42(4,33-17-12-29(13-18-33)24-36(30-9-7-6-8-10-30)32-14-11-27(2)28(3)23-32)45-34-19-15-31(16-20-34)38-22-21-35(50-38)25-37-40(48)44-41(43-37)49-26-39(46)47/h6-25,45H,5,26H2,1-4H3,(H,46,47)(H,43,44,48)/b36-24+,37-25-/t42-/m0/s1. The normalized spacial score (nSPS) is 15.0. The summed E-state index contributed by atoms with van der Waals surface area (Å²) in [5.74, 6) is -1.45. The Bertz CT molecular complexity index is 2110. The molecule has 3 N–H and O–H groups in total. The van der Waals surface area contributed by atoms with Crippen molar-refractivity contribution in [2.75, 3.05) is 11.1 Å². The first kappa shape index (κ1) is 34.7. The van der Waals surface area contributed by atoms with Crippen molar-refractivity contribution in [2.24, 2.45) is 4.99 Å². The van der Waals surface area contributed by atoms with Gasteiger partial charge in [0.05, 0.1) is 11.3 Å². The van der Waals surface area contributed by atoms with Crippen LogP contribution < -0.4 is 10.6 Å². The van der Waals surface area contributed by atoms with Gasteiger partial charge in [-0.05, 0) is 108 Å². The van der Waals surface area contributed by atoms with E-state index in [1.165, 1.54) is 33.4 Å². The average molecular weight is 698 g/mol. The molecule has 0 bridgehead atoms. The summed E-state index contributed by atoms with van der Waals surface area (Å²) >= 11 is 2.56. The van der Waals surface area contributed by atoms with E-state index in [1.54, 1.807) is 17.4 Å². The highest BCUT2D eigenvalue weighted by atomic mass is 32.2. The van der Waals surface area contributed by atoms with Crippen LogP contribution in [0.5, 0.6) is 0 Å². The minimum Gasteiger partial charge on any atom is -0.481 e. The number of nitrogens with zero attached hydrogens (tertiary/aromatic N) is 1. The van der Waals surface area contributed by atoms with Crippen molar-refractivity contribution in [2.45, 2.75) is 39.7 Å². The zero-order chi connectivity index (χ0) is 35.3. The van der Waals surface area contributed by atoms with Crippen LogP contribution in [-0.4, -0.2) is 27.9 Å². The van der Waals surface area contributed by atoms with E-state index >= 15 is 0 Å². The average Bonchev–Trinajstić information content (AvgIpc) is 3.74. The lowest BCUT2D eigenvalue weighted by Gasteiger charge is -2.32. The number of amidine groups is 1. The minimum absolute atomic E-state index is 0.160. The van der Waals surface area contributed by atoms with Crippen molar-refractivity contribution in [3.05, 3.63) is 153 Å². The van der Waals surface area contributed by atoms with Crippen molar-refractivity contribution in [1.82, 2.24) is 5.32 Å². The summed E-state index contributed by atoms with van der Waals surface area (Å²) in [7, 11) is 0. The quantitative estimate of drug-likeness (QED) is 0.0944. The number of rotatable bonds is 11. The molecule has 1 aromatic heterocycles. The van der Waals surface area contributed by atoms with Crippen molar-refractivity contribution < 1.29 is 14.7 Å². The maximum Gasteiger partial charge on any atom is 0.313 e. The summed E-state index contributed by atoms with van der Waals surface area (Å²) in [6, 6.07) is 38.5. The number of anilines is 1. The zero-order valence-corrected chi connectivity index (χ0v) is 30.1. The lowest BCUT2D eigenvalue weighted by Crippen LogP contribution is -2.31. The van der Waals surface area contributed by atoms with E-state index in [1.807, 2.05) is 12.1 Å². The van der Waals surface area contributed by atoms with Crippen LogP contribution in [0.25, 0.3) is 28.2 Å². The van der Waals surface area contributed by atoms with Crippen molar-refractivity contribution >= 4 is 63.6 Å². The van der Waals surface area contributed by atoms with E-state index in [0.29, 0.717) is 5.17 Å². The molecule has 0 unspecified atom stereocenters. The molecule has 4 aromatic carbocycles. The van der Waals surface area contributed by atoms with Crippen LogP contribution in [0.2, 0.25) is 0 Å². The number of amides is 1. The Hall–Kier alpha value is -5.18. The first-order valence-electron chi connectivity index (χ1n) is 16.5. The molecule has 6 nitrogen and oxygen atoms in total. The van der Waals surface area contributed by atoms with Gasteiger partial charge in [0, 0.05) is 15.4 Å². The second kappa shape index (κ2) is 15.2. The molecule has 0 saturated carbocycles. The van der Waals surface area contributed by atoms with Crippen molar-refractivity contribution in [3.63, 3.8) is 0 Å². The number of thioether (sulfide) groups is 1. The molecule has 50 heavy (non-hydrogen) atoms. The second-order valence-corrected chi connectivity index (χ2v) is 14.6. The number of hydrogen-bond acceptors (Lipinski definition) is 6. The highest BCUT2D eigenvalue weighted by Gasteiger charge is 2.25. The summed E-state index contributed by atoms with van der Waals surface area (Å²) in [6.45, 7) is 8.75. The van der Waals surface area contributed by atoms with Crippen LogP contribution in [0.1, 0.15) is 58.5 Å². The number of benzene rings is 4. The zero-order valence-electron chi connectivity index (χ0n) is 28.5. The lowest BCUT2D eigenvalue weighted by molar-refractivity contribution is -0.133. The Morgan fingerprint density at radius 3 is 2.34 bits per heavy atom. The van der Waals surface area contributed by atoms with Gasteiger partial charge in [0.25, 0.3) is 5.91 Å². The van der Waals surface area contributed by atoms with Gasteiger partial charge in [0.2, 0.25) is 0 Å². The third-order valence-corrected chi connectivity index (χ3v) is 10.9. The fourth-order valence-electron chi connectivity index (χ4n) is 5.74. The number of carboxylic acid groups (broad SMARTS) is 1. The molecule has 8 heteroatoms. The van der Waals surface area contributed by atoms with Gasteiger partial charge >= 0.3 is 5.97 Å². The van der Waals surface area contributed by atoms with E-state index in [-0.39, 0.29) is 22.9 Å². The van der Waals surface area contributed by atoms with Crippen LogP contribution >= 0.6 is 23.1 Å². The lowest BCUT2D eigenvalue weighted by atomic mass is 9.87. The Morgan fingerprint density at radius 1 is 0.920 bits per heavy atom. The third kappa shape index (κ3) is 8.16. The SMILES string of the molecule is CC[C@](C)(Nc1ccc(-c2ccc(/C=C3\N=C(SCC(=O)O)NC3=O)s2)cc1)c1ccc(/C=C(\c2ccccc2)c2ccc(C)c(C)c2)cc1. The molecule has 1 aliphatic rings. The van der Waals surface area contributed by atoms with E-state index in [9.17, 15) is 9.59 Å². The molecule has 252 valence electrons. The van der Waals surface area contributed by atoms with Crippen LogP contribution in [-0.2, 0) is 15.1 Å². The monoisotopic (exact) mass is 697 g/mol. The largest absolute Gasteiger partial charge is 0.481 e. The van der Waals surface area contributed by atoms with Crippen LogP contribution in [0, 0.1) is 13.8 Å². The van der Waals surface area contributed by atoms with Gasteiger partial charge in [0.15, 0.2) is 5.17 Å². The van der Waals surface area contributed by atoms with E-state index in [2.05, 4.69) is 146 Å². The predicted octanol–water partition coefficient (Wildman–Crippen LogP) is 10.0. The van der Waals surface area contributed by atoms with Gasteiger partial charge < -0.3 is 10.4 Å². The fourth-order valence-corrected chi connectivity index (χ4v) is 7.28. The topological polar surface area (TPSA) is 90.8 Å². The van der Waals surface area contributed by atoms with Crippen molar-refractivity contribution in [3.8, 4) is 10.4 Å². The van der Waals surface area contributed by atoms with Crippen LogP contribution in [0.4, 0.5) is 5.69 Å². The molecule has 0 fully saturated rings. The van der Waals surface area contributed by atoms with Gasteiger partial charge in [-0.15, -0.1) is 11.3 Å². The molecule has 1 amide bonds. The molecule has 0 spiro atoms. The Kier molecular flexibility index (Phi) is 10.5. The number of aliphatic imine (C=N–C) groups is 1. The van der Waals surface area contributed by atoms with Gasteiger partial charge in [-0.25, -0.2) is 4.99 Å². The highest BCUT2D eigenvalue weighted by Crippen LogP contribution is 2.34. The van der Waals surface area contributed by atoms with Crippen LogP contribution in [0.15, 0.2) is 120 Å². The number of carboxylic acids is 1.